The average Bonchev–Trinajstić information content (AvgIpc) is 2.46. The number of piperazine rings is 1. The number of carbonyl (C=O) groups is 2. The van der Waals surface area contributed by atoms with Crippen LogP contribution < -0.4 is 0 Å². The summed E-state index contributed by atoms with van der Waals surface area (Å²) < 4.78 is 0. The molecule has 6 nitrogen and oxygen atoms in total. The zero-order valence-corrected chi connectivity index (χ0v) is 12.2. The number of aromatic nitrogens is 1. The first kappa shape index (κ1) is 14.3. The first-order valence-corrected chi connectivity index (χ1v) is 7.29. The van der Waals surface area contributed by atoms with E-state index in [-0.39, 0.29) is 18.4 Å². The van der Waals surface area contributed by atoms with E-state index in [2.05, 4.69) is 4.98 Å². The van der Waals surface area contributed by atoms with Gasteiger partial charge in [-0.3, -0.25) is 9.59 Å². The molecule has 21 heavy (non-hydrogen) atoms. The number of piperidine rings is 1. The molecule has 1 N–H and O–H groups in total. The van der Waals surface area contributed by atoms with Crippen molar-refractivity contribution in [1.29, 1.82) is 0 Å². The zero-order valence-electron chi connectivity index (χ0n) is 11.4. The van der Waals surface area contributed by atoms with Gasteiger partial charge in [-0.25, -0.2) is 4.98 Å². The maximum Gasteiger partial charge on any atom is 0.246 e. The summed E-state index contributed by atoms with van der Waals surface area (Å²) in [6.07, 6.45) is 1.94. The third-order valence-corrected chi connectivity index (χ3v) is 4.20. The standard InChI is InChI=1S/C14H16ClN3O3/c15-12-2-1-9(6-16-12)7-17-8-13(20)18-4-3-10(19)5-11(18)14(17)21/h1-2,6,10-11,19H,3-5,7-8H2/t10-,11+/m0/s1. The second-order valence-corrected chi connectivity index (χ2v) is 5.85. The number of amides is 2. The molecule has 2 amide bonds. The van der Waals surface area contributed by atoms with Crippen LogP contribution in [-0.4, -0.2) is 56.9 Å². The number of aliphatic hydroxyl groups excluding tert-OH is 1. The number of rotatable bonds is 2. The summed E-state index contributed by atoms with van der Waals surface area (Å²) in [5.74, 6) is -0.170. The van der Waals surface area contributed by atoms with Crippen molar-refractivity contribution in [2.45, 2.75) is 31.5 Å². The summed E-state index contributed by atoms with van der Waals surface area (Å²) in [4.78, 5) is 31.7. The van der Waals surface area contributed by atoms with E-state index in [9.17, 15) is 14.7 Å². The van der Waals surface area contributed by atoms with Crippen molar-refractivity contribution >= 4 is 23.4 Å². The topological polar surface area (TPSA) is 73.7 Å². The predicted molar refractivity (Wildman–Crippen MR) is 75.4 cm³/mol. The minimum atomic E-state index is -0.532. The maximum atomic E-state index is 12.5. The van der Waals surface area contributed by atoms with Gasteiger partial charge in [0.2, 0.25) is 11.8 Å². The normalized spacial score (nSPS) is 26.0. The van der Waals surface area contributed by atoms with E-state index in [0.29, 0.717) is 31.1 Å². The van der Waals surface area contributed by atoms with Gasteiger partial charge in [0.25, 0.3) is 0 Å². The molecule has 2 atom stereocenters. The van der Waals surface area contributed by atoms with Gasteiger partial charge in [-0.1, -0.05) is 17.7 Å². The number of carbonyl (C=O) groups excluding carboxylic acids is 2. The van der Waals surface area contributed by atoms with Crippen molar-refractivity contribution in [1.82, 2.24) is 14.8 Å². The number of fused-ring (bicyclic) bond motifs is 1. The lowest BCUT2D eigenvalue weighted by Gasteiger charge is -2.44. The maximum absolute atomic E-state index is 12.5. The highest BCUT2D eigenvalue weighted by Crippen LogP contribution is 2.24. The van der Waals surface area contributed by atoms with Crippen molar-refractivity contribution in [2.75, 3.05) is 13.1 Å². The molecule has 0 bridgehead atoms. The minimum Gasteiger partial charge on any atom is -0.393 e. The Hall–Kier alpha value is -1.66. The van der Waals surface area contributed by atoms with Crippen LogP contribution in [0.2, 0.25) is 5.15 Å². The molecule has 0 aromatic carbocycles. The van der Waals surface area contributed by atoms with Gasteiger partial charge in [-0.05, 0) is 18.1 Å². The van der Waals surface area contributed by atoms with Crippen LogP contribution in [0.4, 0.5) is 0 Å². The van der Waals surface area contributed by atoms with Gasteiger partial charge in [-0.15, -0.1) is 0 Å². The first-order chi connectivity index (χ1) is 10.0. The van der Waals surface area contributed by atoms with Gasteiger partial charge in [0.1, 0.15) is 17.7 Å². The van der Waals surface area contributed by atoms with E-state index < -0.39 is 12.1 Å². The Kier molecular flexibility index (Phi) is 3.82. The molecule has 0 saturated carbocycles. The monoisotopic (exact) mass is 309 g/mol. The van der Waals surface area contributed by atoms with E-state index >= 15 is 0 Å². The Balaban J connectivity index is 1.75. The Labute approximate surface area is 127 Å². The Morgan fingerprint density at radius 2 is 2.19 bits per heavy atom. The number of nitrogens with zero attached hydrogens (tertiary/aromatic N) is 3. The fourth-order valence-corrected chi connectivity index (χ4v) is 2.99. The third-order valence-electron chi connectivity index (χ3n) is 3.98. The molecule has 0 spiro atoms. The largest absolute Gasteiger partial charge is 0.393 e. The molecule has 0 unspecified atom stereocenters. The van der Waals surface area contributed by atoms with Crippen LogP contribution in [0.25, 0.3) is 0 Å². The lowest BCUT2D eigenvalue weighted by molar-refractivity contribution is -0.160. The molecule has 2 fully saturated rings. The van der Waals surface area contributed by atoms with Crippen LogP contribution in [0.3, 0.4) is 0 Å². The van der Waals surface area contributed by atoms with Gasteiger partial charge in [0.05, 0.1) is 6.10 Å². The van der Waals surface area contributed by atoms with Crippen LogP contribution in [0.5, 0.6) is 0 Å². The smallest absolute Gasteiger partial charge is 0.246 e. The molecule has 1 aromatic rings. The third kappa shape index (κ3) is 2.87. The number of hydrogen-bond donors (Lipinski definition) is 1. The van der Waals surface area contributed by atoms with Gasteiger partial charge in [0.15, 0.2) is 0 Å². The molecule has 2 aliphatic heterocycles. The molecular formula is C14H16ClN3O3. The van der Waals surface area contributed by atoms with Crippen molar-refractivity contribution in [3.63, 3.8) is 0 Å². The Morgan fingerprint density at radius 3 is 2.90 bits per heavy atom. The second kappa shape index (κ2) is 5.61. The van der Waals surface area contributed by atoms with Crippen LogP contribution in [0, 0.1) is 0 Å². The van der Waals surface area contributed by atoms with E-state index in [1.165, 1.54) is 4.90 Å². The van der Waals surface area contributed by atoms with Gasteiger partial charge in [0, 0.05) is 25.7 Å². The minimum absolute atomic E-state index is 0.0616. The van der Waals surface area contributed by atoms with Crippen molar-refractivity contribution < 1.29 is 14.7 Å². The fraction of sp³-hybridized carbons (Fsp3) is 0.500. The van der Waals surface area contributed by atoms with Crippen LogP contribution in [-0.2, 0) is 16.1 Å². The lowest BCUT2D eigenvalue weighted by atomic mass is 9.96. The Morgan fingerprint density at radius 1 is 1.38 bits per heavy atom. The summed E-state index contributed by atoms with van der Waals surface area (Å²) in [5, 5.41) is 10.1. The van der Waals surface area contributed by atoms with Crippen LogP contribution in [0.1, 0.15) is 18.4 Å². The summed E-state index contributed by atoms with van der Waals surface area (Å²) >= 11 is 5.73. The number of halogens is 1. The summed E-state index contributed by atoms with van der Waals surface area (Å²) in [6, 6.07) is 2.91. The average molecular weight is 310 g/mol. The number of pyridine rings is 1. The SMILES string of the molecule is O=C1[C@H]2C[C@@H](O)CCN2C(=O)CN1Cc1ccc(Cl)nc1. The van der Waals surface area contributed by atoms with Gasteiger partial charge < -0.3 is 14.9 Å². The molecule has 0 radical (unpaired) electrons. The number of aliphatic hydroxyl groups is 1. The predicted octanol–water partition coefficient (Wildman–Crippen LogP) is 0.429. The zero-order chi connectivity index (χ0) is 15.0. The first-order valence-electron chi connectivity index (χ1n) is 6.91. The van der Waals surface area contributed by atoms with Crippen molar-refractivity contribution in [3.8, 4) is 0 Å². The van der Waals surface area contributed by atoms with E-state index in [0.717, 1.165) is 5.56 Å². The molecule has 2 aliphatic rings. The fourth-order valence-electron chi connectivity index (χ4n) is 2.88. The summed E-state index contributed by atoms with van der Waals surface area (Å²) in [5.41, 5.74) is 0.824. The molecule has 3 rings (SSSR count). The quantitative estimate of drug-likeness (QED) is 0.804. The summed E-state index contributed by atoms with van der Waals surface area (Å²) in [6.45, 7) is 0.857. The number of hydrogen-bond acceptors (Lipinski definition) is 4. The van der Waals surface area contributed by atoms with Gasteiger partial charge in [-0.2, -0.15) is 0 Å². The highest BCUT2D eigenvalue weighted by atomic mass is 35.5. The van der Waals surface area contributed by atoms with Crippen molar-refractivity contribution in [2.24, 2.45) is 0 Å². The highest BCUT2D eigenvalue weighted by molar-refractivity contribution is 6.29. The van der Waals surface area contributed by atoms with Crippen LogP contribution >= 0.6 is 11.6 Å². The molecule has 112 valence electrons. The molecule has 3 heterocycles. The second-order valence-electron chi connectivity index (χ2n) is 5.46. The van der Waals surface area contributed by atoms with Crippen LogP contribution in [0.15, 0.2) is 18.3 Å². The van der Waals surface area contributed by atoms with Gasteiger partial charge >= 0.3 is 0 Å². The van der Waals surface area contributed by atoms with E-state index in [1.54, 1.807) is 23.2 Å². The van der Waals surface area contributed by atoms with E-state index in [1.807, 2.05) is 0 Å². The van der Waals surface area contributed by atoms with Crippen molar-refractivity contribution in [3.05, 3.63) is 29.0 Å². The molecule has 7 heteroatoms. The molecule has 1 aromatic heterocycles. The lowest BCUT2D eigenvalue weighted by Crippen LogP contribution is -2.62. The summed E-state index contributed by atoms with van der Waals surface area (Å²) in [7, 11) is 0. The molecule has 2 saturated heterocycles. The van der Waals surface area contributed by atoms with E-state index in [4.69, 9.17) is 11.6 Å². The Bertz CT molecular complexity index is 563. The highest BCUT2D eigenvalue weighted by Gasteiger charge is 2.42. The molecule has 0 aliphatic carbocycles. The molecular weight excluding hydrogens is 294 g/mol.